The molecule has 0 aromatic carbocycles. The highest BCUT2D eigenvalue weighted by Gasteiger charge is 2.08. The molecular weight excluding hydrogens is 178 g/mol. The van der Waals surface area contributed by atoms with E-state index in [0.717, 1.165) is 7.11 Å². The van der Waals surface area contributed by atoms with Crippen LogP contribution in [0.1, 0.15) is 0 Å². The number of rotatable bonds is 0. The summed E-state index contributed by atoms with van der Waals surface area (Å²) in [5.41, 5.74) is 2.52. The first kappa shape index (κ1) is 11.0. The standard InChI is InChI=1S/C4H5NO.C3H4O4/c1-2-4-6-5-3-1;1-7-3(6)2(4)5/h1-5H;1H3,(H,4,5). The first-order valence-electron chi connectivity index (χ1n) is 3.22. The van der Waals surface area contributed by atoms with Crippen molar-refractivity contribution in [1.29, 1.82) is 0 Å². The van der Waals surface area contributed by atoms with Crippen LogP contribution >= 0.6 is 0 Å². The zero-order valence-corrected chi connectivity index (χ0v) is 6.89. The summed E-state index contributed by atoms with van der Waals surface area (Å²) in [6, 6.07) is 0. The van der Waals surface area contributed by atoms with Gasteiger partial charge in [-0.05, 0) is 12.2 Å². The lowest BCUT2D eigenvalue weighted by Crippen LogP contribution is -2.13. The molecule has 0 saturated heterocycles. The minimum Gasteiger partial charge on any atom is -0.473 e. The lowest BCUT2D eigenvalue weighted by molar-refractivity contribution is -0.161. The normalized spacial score (nSPS) is 11.5. The number of nitrogens with one attached hydrogen (secondary N) is 1. The molecule has 2 N–H and O–H groups in total. The van der Waals surface area contributed by atoms with Gasteiger partial charge in [-0.25, -0.2) is 15.1 Å². The summed E-state index contributed by atoms with van der Waals surface area (Å²) in [4.78, 5) is 23.7. The van der Waals surface area contributed by atoms with Crippen molar-refractivity contribution in [1.82, 2.24) is 5.48 Å². The second-order valence-electron chi connectivity index (χ2n) is 1.72. The van der Waals surface area contributed by atoms with Gasteiger partial charge in [-0.2, -0.15) is 0 Å². The monoisotopic (exact) mass is 187 g/mol. The van der Waals surface area contributed by atoms with Gasteiger partial charge in [0.2, 0.25) is 0 Å². The Labute approximate surface area is 74.4 Å². The van der Waals surface area contributed by atoms with E-state index in [0.29, 0.717) is 0 Å². The van der Waals surface area contributed by atoms with Crippen molar-refractivity contribution < 1.29 is 24.3 Å². The first-order valence-corrected chi connectivity index (χ1v) is 3.22. The second-order valence-corrected chi connectivity index (χ2v) is 1.72. The van der Waals surface area contributed by atoms with Crippen LogP contribution in [0.3, 0.4) is 0 Å². The third-order valence-electron chi connectivity index (χ3n) is 0.850. The van der Waals surface area contributed by atoms with E-state index in [-0.39, 0.29) is 0 Å². The number of carbonyl (C=O) groups excluding carboxylic acids is 1. The molecule has 0 saturated carbocycles. The zero-order valence-electron chi connectivity index (χ0n) is 6.89. The lowest BCUT2D eigenvalue weighted by atomic mass is 10.6. The maximum atomic E-state index is 9.69. The molecule has 6 nitrogen and oxygen atoms in total. The molecule has 0 spiro atoms. The van der Waals surface area contributed by atoms with Gasteiger partial charge in [0, 0.05) is 6.20 Å². The summed E-state index contributed by atoms with van der Waals surface area (Å²) < 4.78 is 3.77. The quantitative estimate of drug-likeness (QED) is 0.403. The third kappa shape index (κ3) is 6.42. The van der Waals surface area contributed by atoms with Crippen molar-refractivity contribution in [3.8, 4) is 0 Å². The number of aliphatic carboxylic acids is 1. The molecule has 1 heterocycles. The Morgan fingerprint density at radius 2 is 2.15 bits per heavy atom. The van der Waals surface area contributed by atoms with Crippen LogP contribution in [0.5, 0.6) is 0 Å². The Morgan fingerprint density at radius 3 is 2.23 bits per heavy atom. The van der Waals surface area contributed by atoms with Crippen molar-refractivity contribution in [3.05, 3.63) is 24.6 Å². The molecule has 0 aromatic heterocycles. The van der Waals surface area contributed by atoms with E-state index >= 15 is 0 Å². The fourth-order valence-corrected chi connectivity index (χ4v) is 0.345. The average Bonchev–Trinajstić information content (AvgIpc) is 2.20. The number of allylic oxidation sites excluding steroid dienone is 2. The van der Waals surface area contributed by atoms with Crippen LogP contribution in [0.2, 0.25) is 0 Å². The molecule has 0 fully saturated rings. The van der Waals surface area contributed by atoms with Gasteiger partial charge in [0.25, 0.3) is 0 Å². The van der Waals surface area contributed by atoms with Crippen molar-refractivity contribution in [2.75, 3.05) is 7.11 Å². The molecule has 72 valence electrons. The predicted octanol–water partition coefficient (Wildman–Crippen LogP) is -0.207. The number of hydroxylamine groups is 1. The Balaban J connectivity index is 0.000000223. The van der Waals surface area contributed by atoms with Gasteiger partial charge in [-0.1, -0.05) is 0 Å². The van der Waals surface area contributed by atoms with Gasteiger partial charge in [-0.3, -0.25) is 0 Å². The molecule has 0 radical (unpaired) electrons. The van der Waals surface area contributed by atoms with E-state index in [1.54, 1.807) is 18.5 Å². The minimum absolute atomic E-state index is 1.01. The SMILES string of the molecule is C1=CNOC=C1.COC(=O)C(=O)O. The van der Waals surface area contributed by atoms with Crippen LogP contribution in [0, 0.1) is 0 Å². The maximum absolute atomic E-state index is 9.69. The number of hydrogen-bond donors (Lipinski definition) is 2. The molecular formula is C7H9NO5. The van der Waals surface area contributed by atoms with E-state index in [1.165, 1.54) is 0 Å². The van der Waals surface area contributed by atoms with Crippen molar-refractivity contribution >= 4 is 11.9 Å². The number of carboxylic acids is 1. The Bertz CT molecular complexity index is 221. The highest BCUT2D eigenvalue weighted by Crippen LogP contribution is 1.80. The summed E-state index contributed by atoms with van der Waals surface area (Å²) in [7, 11) is 1.01. The maximum Gasteiger partial charge on any atom is 0.417 e. The Kier molecular flexibility index (Phi) is 5.69. The van der Waals surface area contributed by atoms with Gasteiger partial charge in [0.15, 0.2) is 0 Å². The first-order chi connectivity index (χ1) is 6.18. The molecule has 6 heteroatoms. The number of carboxylic acid groups (broad SMARTS) is 1. The molecule has 1 rings (SSSR count). The van der Waals surface area contributed by atoms with Gasteiger partial charge < -0.3 is 14.7 Å². The van der Waals surface area contributed by atoms with Crippen molar-refractivity contribution in [2.24, 2.45) is 0 Å². The summed E-state index contributed by atoms with van der Waals surface area (Å²) in [6.07, 6.45) is 6.93. The van der Waals surface area contributed by atoms with E-state index in [4.69, 9.17) is 5.11 Å². The smallest absolute Gasteiger partial charge is 0.417 e. The Morgan fingerprint density at radius 1 is 1.46 bits per heavy atom. The molecule has 0 aliphatic carbocycles. The number of esters is 1. The molecule has 0 atom stereocenters. The molecule has 0 amide bonds. The number of ether oxygens (including phenoxy) is 1. The minimum atomic E-state index is -1.57. The number of hydrogen-bond acceptors (Lipinski definition) is 5. The van der Waals surface area contributed by atoms with Crippen LogP contribution in [0.25, 0.3) is 0 Å². The molecule has 1 aliphatic heterocycles. The van der Waals surface area contributed by atoms with E-state index < -0.39 is 11.9 Å². The van der Waals surface area contributed by atoms with Crippen molar-refractivity contribution in [3.63, 3.8) is 0 Å². The molecule has 0 bridgehead atoms. The van der Waals surface area contributed by atoms with E-state index in [9.17, 15) is 9.59 Å². The zero-order chi connectivity index (χ0) is 10.1. The lowest BCUT2D eigenvalue weighted by Gasteiger charge is -1.97. The Hall–Kier alpha value is -1.98. The fourth-order valence-electron chi connectivity index (χ4n) is 0.345. The average molecular weight is 187 g/mol. The number of methoxy groups -OCH3 is 1. The highest BCUT2D eigenvalue weighted by molar-refractivity contribution is 6.28. The summed E-state index contributed by atoms with van der Waals surface area (Å²) in [5, 5.41) is 7.71. The molecule has 13 heavy (non-hydrogen) atoms. The largest absolute Gasteiger partial charge is 0.473 e. The van der Waals surface area contributed by atoms with Crippen LogP contribution in [0.15, 0.2) is 24.6 Å². The van der Waals surface area contributed by atoms with Crippen molar-refractivity contribution in [2.45, 2.75) is 0 Å². The summed E-state index contributed by atoms with van der Waals surface area (Å²) >= 11 is 0. The predicted molar refractivity (Wildman–Crippen MR) is 42.2 cm³/mol. The van der Waals surface area contributed by atoms with Crippen LogP contribution in [-0.4, -0.2) is 24.2 Å². The van der Waals surface area contributed by atoms with E-state index in [1.807, 2.05) is 6.08 Å². The van der Waals surface area contributed by atoms with Gasteiger partial charge in [0.05, 0.1) is 7.11 Å². The molecule has 1 aliphatic rings. The molecule has 0 aromatic rings. The van der Waals surface area contributed by atoms with Gasteiger partial charge in [-0.15, -0.1) is 0 Å². The van der Waals surface area contributed by atoms with Gasteiger partial charge in [0.1, 0.15) is 6.26 Å². The fraction of sp³-hybridized carbons (Fsp3) is 0.143. The topological polar surface area (TPSA) is 84.9 Å². The van der Waals surface area contributed by atoms with E-state index in [2.05, 4.69) is 15.1 Å². The van der Waals surface area contributed by atoms with Gasteiger partial charge >= 0.3 is 11.9 Å². The second kappa shape index (κ2) is 6.71. The third-order valence-corrected chi connectivity index (χ3v) is 0.850. The van der Waals surface area contributed by atoms with Crippen LogP contribution < -0.4 is 5.48 Å². The van der Waals surface area contributed by atoms with Crippen LogP contribution in [0.4, 0.5) is 0 Å². The summed E-state index contributed by atoms with van der Waals surface area (Å²) in [5.74, 6) is -2.80. The number of carbonyl (C=O) groups is 2. The van der Waals surface area contributed by atoms with Crippen LogP contribution in [-0.2, 0) is 19.2 Å². The summed E-state index contributed by atoms with van der Waals surface area (Å²) in [6.45, 7) is 0. The molecule has 0 unspecified atom stereocenters. The highest BCUT2D eigenvalue weighted by atomic mass is 16.6.